The van der Waals surface area contributed by atoms with Gasteiger partial charge in [-0.05, 0) is 35.6 Å². The van der Waals surface area contributed by atoms with Crippen molar-refractivity contribution in [1.29, 1.82) is 0 Å². The number of thiophene rings is 1. The van der Waals surface area contributed by atoms with Crippen LogP contribution in [0.4, 0.5) is 5.82 Å². The molecule has 0 amide bonds. The molecule has 0 saturated carbocycles. The van der Waals surface area contributed by atoms with Crippen LogP contribution in [0.1, 0.15) is 40.7 Å². The number of H-pyrrole nitrogens is 2. The molecular weight excluding hydrogens is 417 g/mol. The summed E-state index contributed by atoms with van der Waals surface area (Å²) in [6, 6.07) is 9.33. The van der Waals surface area contributed by atoms with E-state index in [2.05, 4.69) is 21.6 Å². The van der Waals surface area contributed by atoms with Crippen LogP contribution < -0.4 is 10.9 Å². The summed E-state index contributed by atoms with van der Waals surface area (Å²) in [7, 11) is 0. The van der Waals surface area contributed by atoms with Crippen molar-refractivity contribution < 1.29 is 4.79 Å². The second-order valence-corrected chi connectivity index (χ2v) is 8.83. The summed E-state index contributed by atoms with van der Waals surface area (Å²) in [5, 5.41) is 11.7. The summed E-state index contributed by atoms with van der Waals surface area (Å²) in [4.78, 5) is 26.9. The van der Waals surface area contributed by atoms with Gasteiger partial charge in [0.15, 0.2) is 5.78 Å². The quantitative estimate of drug-likeness (QED) is 0.532. The highest BCUT2D eigenvalue weighted by Crippen LogP contribution is 2.47. The maximum absolute atomic E-state index is 13.2. The Morgan fingerprint density at radius 3 is 2.64 bits per heavy atom. The molecule has 0 spiro atoms. The van der Waals surface area contributed by atoms with Crippen molar-refractivity contribution in [2.75, 3.05) is 5.32 Å². The van der Waals surface area contributed by atoms with E-state index in [0.717, 1.165) is 11.3 Å². The number of halogens is 2. The molecule has 3 aromatic rings. The standard InChI is InChI=1S/C20H15Cl2N3O2S/c21-11-4-3-9(6-12(11)22)16-17-13(23-19-18(16)20(27)25-24-19)7-10(8-14(17)26)15-2-1-5-28-15/h1-6,10,16H,7-8H2,(H3,23,24,25,27). The average Bonchev–Trinajstić information content (AvgIpc) is 3.33. The smallest absolute Gasteiger partial charge is 0.270 e. The van der Waals surface area contributed by atoms with Gasteiger partial charge < -0.3 is 5.32 Å². The third kappa shape index (κ3) is 2.75. The third-order valence-electron chi connectivity index (χ3n) is 5.40. The molecule has 2 atom stereocenters. The van der Waals surface area contributed by atoms with Crippen molar-refractivity contribution in [3.8, 4) is 0 Å². The summed E-state index contributed by atoms with van der Waals surface area (Å²) in [5.41, 5.74) is 2.52. The maximum atomic E-state index is 13.2. The van der Waals surface area contributed by atoms with Crippen molar-refractivity contribution >= 4 is 46.1 Å². The number of nitrogens with one attached hydrogen (secondary N) is 3. The minimum Gasteiger partial charge on any atom is -0.343 e. The predicted molar refractivity (Wildman–Crippen MR) is 112 cm³/mol. The number of hydrogen-bond acceptors (Lipinski definition) is 4. The van der Waals surface area contributed by atoms with Crippen molar-refractivity contribution in [2.45, 2.75) is 24.7 Å². The van der Waals surface area contributed by atoms with Crippen molar-refractivity contribution in [2.24, 2.45) is 0 Å². The molecule has 28 heavy (non-hydrogen) atoms. The van der Waals surface area contributed by atoms with Crippen molar-refractivity contribution in [3.63, 3.8) is 0 Å². The number of allylic oxidation sites excluding steroid dienone is 2. The summed E-state index contributed by atoms with van der Waals surface area (Å²) in [6.45, 7) is 0. The minimum atomic E-state index is -0.479. The summed E-state index contributed by atoms with van der Waals surface area (Å²) >= 11 is 14.0. The number of Topliss-reactive ketones (excluding diaryl/α,β-unsaturated/α-hetero) is 1. The first-order valence-electron chi connectivity index (χ1n) is 8.85. The van der Waals surface area contributed by atoms with E-state index in [1.165, 1.54) is 4.88 Å². The molecule has 142 valence electrons. The largest absolute Gasteiger partial charge is 0.343 e. The van der Waals surface area contributed by atoms with Gasteiger partial charge in [0, 0.05) is 34.4 Å². The SMILES string of the molecule is O=C1CC(c2cccs2)CC2=C1C(c1ccc(Cl)c(Cl)c1)c1c([nH][nH]c1=O)N2. The van der Waals surface area contributed by atoms with Crippen LogP contribution in [0.15, 0.2) is 51.8 Å². The molecule has 8 heteroatoms. The van der Waals surface area contributed by atoms with Gasteiger partial charge in [0.2, 0.25) is 0 Å². The number of carbonyl (C=O) groups is 1. The van der Waals surface area contributed by atoms with Crippen molar-refractivity contribution in [3.05, 3.63) is 83.4 Å². The fourth-order valence-electron chi connectivity index (χ4n) is 4.17. The first-order valence-corrected chi connectivity index (χ1v) is 10.5. The van der Waals surface area contributed by atoms with Gasteiger partial charge in [-0.3, -0.25) is 19.8 Å². The molecule has 0 saturated heterocycles. The average molecular weight is 432 g/mol. The van der Waals surface area contributed by atoms with Gasteiger partial charge in [0.05, 0.1) is 15.6 Å². The molecule has 0 radical (unpaired) electrons. The Hall–Kier alpha value is -2.28. The van der Waals surface area contributed by atoms with Crippen LogP contribution in [0.5, 0.6) is 0 Å². The predicted octanol–water partition coefficient (Wildman–Crippen LogP) is 5.03. The number of rotatable bonds is 2. The fourth-order valence-corrected chi connectivity index (χ4v) is 5.31. The summed E-state index contributed by atoms with van der Waals surface area (Å²) in [5.74, 6) is 0.308. The molecular formula is C20H15Cl2N3O2S. The van der Waals surface area contributed by atoms with Gasteiger partial charge in [-0.15, -0.1) is 11.3 Å². The molecule has 5 nitrogen and oxygen atoms in total. The molecule has 5 rings (SSSR count). The number of carbonyl (C=O) groups excluding carboxylic acids is 1. The highest BCUT2D eigenvalue weighted by molar-refractivity contribution is 7.10. The second kappa shape index (κ2) is 6.65. The van der Waals surface area contributed by atoms with E-state index < -0.39 is 5.92 Å². The Morgan fingerprint density at radius 2 is 1.89 bits per heavy atom. The molecule has 1 aromatic carbocycles. The highest BCUT2D eigenvalue weighted by atomic mass is 35.5. The Bertz CT molecular complexity index is 1180. The first kappa shape index (κ1) is 17.8. The van der Waals surface area contributed by atoms with E-state index in [4.69, 9.17) is 23.2 Å². The minimum absolute atomic E-state index is 0.0504. The van der Waals surface area contributed by atoms with Gasteiger partial charge >= 0.3 is 0 Å². The number of benzene rings is 1. The normalized spacial score (nSPS) is 21.3. The Kier molecular flexibility index (Phi) is 4.23. The molecule has 1 aliphatic heterocycles. The Balaban J connectivity index is 1.67. The zero-order valence-corrected chi connectivity index (χ0v) is 16.8. The lowest BCUT2D eigenvalue weighted by Gasteiger charge is -2.34. The van der Waals surface area contributed by atoms with Gasteiger partial charge in [-0.1, -0.05) is 35.3 Å². The van der Waals surface area contributed by atoms with E-state index in [1.807, 2.05) is 17.5 Å². The maximum Gasteiger partial charge on any atom is 0.270 e. The van der Waals surface area contributed by atoms with Crippen LogP contribution in [0, 0.1) is 0 Å². The molecule has 2 aromatic heterocycles. The first-order chi connectivity index (χ1) is 13.5. The summed E-state index contributed by atoms with van der Waals surface area (Å²) < 4.78 is 0. The van der Waals surface area contributed by atoms with Crippen LogP contribution in [0.25, 0.3) is 0 Å². The molecule has 2 unspecified atom stereocenters. The van der Waals surface area contributed by atoms with Crippen LogP contribution in [0.3, 0.4) is 0 Å². The van der Waals surface area contributed by atoms with Crippen LogP contribution in [0.2, 0.25) is 10.0 Å². The van der Waals surface area contributed by atoms with Crippen LogP contribution in [-0.4, -0.2) is 16.0 Å². The second-order valence-electron chi connectivity index (χ2n) is 7.04. The molecule has 3 heterocycles. The molecule has 0 bridgehead atoms. The van der Waals surface area contributed by atoms with E-state index in [1.54, 1.807) is 23.5 Å². The zero-order valence-electron chi connectivity index (χ0n) is 14.5. The van der Waals surface area contributed by atoms with E-state index >= 15 is 0 Å². The van der Waals surface area contributed by atoms with E-state index in [-0.39, 0.29) is 17.3 Å². The van der Waals surface area contributed by atoms with E-state index in [9.17, 15) is 9.59 Å². The molecule has 0 fully saturated rings. The lowest BCUT2D eigenvalue weighted by molar-refractivity contribution is -0.116. The Morgan fingerprint density at radius 1 is 1.04 bits per heavy atom. The van der Waals surface area contributed by atoms with Crippen molar-refractivity contribution in [1.82, 2.24) is 10.2 Å². The zero-order chi connectivity index (χ0) is 19.4. The highest BCUT2D eigenvalue weighted by Gasteiger charge is 2.40. The Labute approximate surface area is 174 Å². The van der Waals surface area contributed by atoms with Crippen LogP contribution >= 0.6 is 34.5 Å². The van der Waals surface area contributed by atoms with E-state index in [0.29, 0.717) is 39.8 Å². The van der Waals surface area contributed by atoms with Crippen LogP contribution in [-0.2, 0) is 4.79 Å². The van der Waals surface area contributed by atoms with Gasteiger partial charge in [0.1, 0.15) is 5.82 Å². The van der Waals surface area contributed by atoms with Gasteiger partial charge in [-0.2, -0.15) is 0 Å². The molecule has 1 aliphatic carbocycles. The lowest BCUT2D eigenvalue weighted by Crippen LogP contribution is -2.31. The van der Waals surface area contributed by atoms with Gasteiger partial charge in [-0.25, -0.2) is 0 Å². The topological polar surface area (TPSA) is 77.8 Å². The molecule has 3 N–H and O–H groups in total. The lowest BCUT2D eigenvalue weighted by atomic mass is 9.74. The number of aromatic amines is 2. The number of anilines is 1. The summed E-state index contributed by atoms with van der Waals surface area (Å²) in [6.07, 6.45) is 1.14. The number of aromatic nitrogens is 2. The number of hydrogen-bond donors (Lipinski definition) is 3. The molecule has 2 aliphatic rings. The fraction of sp³-hybridized carbons (Fsp3) is 0.200. The third-order valence-corrected chi connectivity index (χ3v) is 7.17. The number of ketones is 1. The number of fused-ring (bicyclic) bond motifs is 1. The van der Waals surface area contributed by atoms with Gasteiger partial charge in [0.25, 0.3) is 5.56 Å². The monoisotopic (exact) mass is 431 g/mol.